The lowest BCUT2D eigenvalue weighted by molar-refractivity contribution is -0.119. The fourth-order valence-corrected chi connectivity index (χ4v) is 2.57. The number of amides is 1. The molecule has 1 heterocycles. The van der Waals surface area contributed by atoms with Gasteiger partial charge in [-0.05, 0) is 12.1 Å². The Hall–Kier alpha value is -3.62. The van der Waals surface area contributed by atoms with Crippen LogP contribution in [0.5, 0.6) is 28.7 Å². The number of hydrogen-bond acceptors (Lipinski definition) is 8. The lowest BCUT2D eigenvalue weighted by Gasteiger charge is -2.13. The van der Waals surface area contributed by atoms with Crippen molar-refractivity contribution in [3.8, 4) is 28.7 Å². The lowest BCUT2D eigenvalue weighted by atomic mass is 10.1. The summed E-state index contributed by atoms with van der Waals surface area (Å²) in [6, 6.07) is 7.89. The van der Waals surface area contributed by atoms with Gasteiger partial charge < -0.3 is 33.7 Å². The van der Waals surface area contributed by atoms with Crippen LogP contribution in [-0.2, 0) is 9.53 Å². The molecule has 9 nitrogen and oxygen atoms in total. The van der Waals surface area contributed by atoms with Crippen molar-refractivity contribution in [1.29, 1.82) is 0 Å². The van der Waals surface area contributed by atoms with Crippen molar-refractivity contribution in [2.24, 2.45) is 0 Å². The standard InChI is InChI=1S/C19H19NO8/c1-23-14-8-16(25-3)15(24-2)7-12(14)19(22)26-9-18(21)20-11-4-5-13-17(6-11)28-10-27-13/h4-8H,9-10H2,1-3H3,(H,20,21). The molecule has 9 heteroatoms. The molecule has 148 valence electrons. The summed E-state index contributed by atoms with van der Waals surface area (Å²) in [6.45, 7) is -0.345. The van der Waals surface area contributed by atoms with Crippen LogP contribution in [0.1, 0.15) is 10.4 Å². The monoisotopic (exact) mass is 389 g/mol. The highest BCUT2D eigenvalue weighted by atomic mass is 16.7. The highest BCUT2D eigenvalue weighted by Crippen LogP contribution is 2.35. The molecule has 0 unspecified atom stereocenters. The maximum atomic E-state index is 12.4. The number of benzene rings is 2. The highest BCUT2D eigenvalue weighted by molar-refractivity contribution is 5.97. The number of rotatable bonds is 7. The van der Waals surface area contributed by atoms with Gasteiger partial charge in [-0.1, -0.05) is 0 Å². The van der Waals surface area contributed by atoms with Crippen molar-refractivity contribution in [2.75, 3.05) is 40.0 Å². The summed E-state index contributed by atoms with van der Waals surface area (Å²) in [5, 5.41) is 2.62. The van der Waals surface area contributed by atoms with E-state index in [1.165, 1.54) is 33.5 Å². The Morgan fingerprint density at radius 2 is 1.61 bits per heavy atom. The van der Waals surface area contributed by atoms with E-state index in [2.05, 4.69) is 5.32 Å². The molecule has 2 aromatic carbocycles. The largest absolute Gasteiger partial charge is 0.496 e. The summed E-state index contributed by atoms with van der Waals surface area (Å²) in [4.78, 5) is 24.5. The van der Waals surface area contributed by atoms with Crippen molar-refractivity contribution in [3.05, 3.63) is 35.9 Å². The Balaban J connectivity index is 1.64. The van der Waals surface area contributed by atoms with Gasteiger partial charge in [-0.3, -0.25) is 4.79 Å². The number of hydrogen-bond donors (Lipinski definition) is 1. The molecule has 1 aliphatic rings. The number of carbonyl (C=O) groups is 2. The number of nitrogens with one attached hydrogen (secondary N) is 1. The van der Waals surface area contributed by atoms with Crippen molar-refractivity contribution >= 4 is 17.6 Å². The van der Waals surface area contributed by atoms with Crippen molar-refractivity contribution < 1.29 is 38.0 Å². The first-order valence-electron chi connectivity index (χ1n) is 8.22. The van der Waals surface area contributed by atoms with E-state index < -0.39 is 18.5 Å². The predicted octanol–water partition coefficient (Wildman–Crippen LogP) is 2.24. The maximum absolute atomic E-state index is 12.4. The molecule has 1 aliphatic heterocycles. The zero-order chi connectivity index (χ0) is 20.1. The van der Waals surface area contributed by atoms with E-state index in [0.717, 1.165) is 0 Å². The number of methoxy groups -OCH3 is 3. The number of ether oxygens (including phenoxy) is 6. The van der Waals surface area contributed by atoms with E-state index in [1.807, 2.05) is 0 Å². The molecule has 0 aromatic heterocycles. The van der Waals surface area contributed by atoms with Gasteiger partial charge in [-0.15, -0.1) is 0 Å². The number of esters is 1. The summed E-state index contributed by atoms with van der Waals surface area (Å²) in [5.74, 6) is 0.857. The van der Waals surface area contributed by atoms with Crippen LogP contribution in [0.2, 0.25) is 0 Å². The van der Waals surface area contributed by atoms with E-state index in [1.54, 1.807) is 18.2 Å². The number of carbonyl (C=O) groups excluding carboxylic acids is 2. The molecule has 0 aliphatic carbocycles. The van der Waals surface area contributed by atoms with Crippen molar-refractivity contribution in [3.63, 3.8) is 0 Å². The Morgan fingerprint density at radius 3 is 2.32 bits per heavy atom. The fourth-order valence-electron chi connectivity index (χ4n) is 2.57. The molecule has 28 heavy (non-hydrogen) atoms. The van der Waals surface area contributed by atoms with Gasteiger partial charge in [0.2, 0.25) is 6.79 Å². The second-order valence-electron chi connectivity index (χ2n) is 5.60. The Kier molecular flexibility index (Phi) is 5.73. The average Bonchev–Trinajstić information content (AvgIpc) is 3.18. The summed E-state index contributed by atoms with van der Waals surface area (Å²) in [7, 11) is 4.32. The van der Waals surface area contributed by atoms with Crippen LogP contribution in [0.4, 0.5) is 5.69 Å². The van der Waals surface area contributed by atoms with Crippen LogP contribution in [0, 0.1) is 0 Å². The van der Waals surface area contributed by atoms with Gasteiger partial charge in [0.15, 0.2) is 29.6 Å². The second kappa shape index (κ2) is 8.38. The highest BCUT2D eigenvalue weighted by Gasteiger charge is 2.20. The van der Waals surface area contributed by atoms with Crippen molar-refractivity contribution in [1.82, 2.24) is 0 Å². The van der Waals surface area contributed by atoms with Gasteiger partial charge in [0.25, 0.3) is 5.91 Å². The molecule has 3 rings (SSSR count). The first kappa shape index (κ1) is 19.2. The lowest BCUT2D eigenvalue weighted by Crippen LogP contribution is -2.21. The maximum Gasteiger partial charge on any atom is 0.342 e. The van der Waals surface area contributed by atoms with E-state index >= 15 is 0 Å². The molecule has 0 radical (unpaired) electrons. The Morgan fingerprint density at radius 1 is 0.929 bits per heavy atom. The summed E-state index contributed by atoms with van der Waals surface area (Å²) < 4.78 is 31.1. The molecule has 0 saturated carbocycles. The van der Waals surface area contributed by atoms with Crippen LogP contribution in [0.25, 0.3) is 0 Å². The first-order valence-corrected chi connectivity index (χ1v) is 8.22. The van der Waals surface area contributed by atoms with E-state index in [-0.39, 0.29) is 18.1 Å². The Bertz CT molecular complexity index is 896. The second-order valence-corrected chi connectivity index (χ2v) is 5.60. The van der Waals surface area contributed by atoms with Gasteiger partial charge in [0.1, 0.15) is 11.3 Å². The van der Waals surface area contributed by atoms with Crippen molar-refractivity contribution in [2.45, 2.75) is 0 Å². The van der Waals surface area contributed by atoms with Gasteiger partial charge >= 0.3 is 5.97 Å². The third-order valence-electron chi connectivity index (χ3n) is 3.92. The molecule has 1 N–H and O–H groups in total. The van der Waals surface area contributed by atoms with E-state index in [9.17, 15) is 9.59 Å². The van der Waals surface area contributed by atoms with Gasteiger partial charge in [-0.25, -0.2) is 4.79 Å². The minimum atomic E-state index is -0.737. The van der Waals surface area contributed by atoms with E-state index in [4.69, 9.17) is 28.4 Å². The average molecular weight is 389 g/mol. The number of anilines is 1. The molecule has 1 amide bonds. The molecule has 0 fully saturated rings. The minimum Gasteiger partial charge on any atom is -0.496 e. The minimum absolute atomic E-state index is 0.107. The zero-order valence-electron chi connectivity index (χ0n) is 15.6. The fraction of sp³-hybridized carbons (Fsp3) is 0.263. The molecule has 0 spiro atoms. The molecule has 0 bridgehead atoms. The Labute approximate surface area is 161 Å². The topological polar surface area (TPSA) is 102 Å². The van der Waals surface area contributed by atoms with Crippen LogP contribution < -0.4 is 29.0 Å². The third-order valence-corrected chi connectivity index (χ3v) is 3.92. The SMILES string of the molecule is COc1cc(OC)c(C(=O)OCC(=O)Nc2ccc3c(c2)OCO3)cc1OC. The predicted molar refractivity (Wildman–Crippen MR) is 97.6 cm³/mol. The zero-order valence-corrected chi connectivity index (χ0v) is 15.6. The first-order chi connectivity index (χ1) is 13.5. The third kappa shape index (κ3) is 4.03. The molecule has 2 aromatic rings. The summed E-state index contributed by atoms with van der Waals surface area (Å²) >= 11 is 0. The smallest absolute Gasteiger partial charge is 0.342 e. The normalized spacial score (nSPS) is 11.5. The molecular formula is C19H19NO8. The van der Waals surface area contributed by atoms with Gasteiger partial charge in [0.05, 0.1) is 21.3 Å². The van der Waals surface area contributed by atoms with Crippen LogP contribution >= 0.6 is 0 Å². The molecular weight excluding hydrogens is 370 g/mol. The summed E-state index contributed by atoms with van der Waals surface area (Å²) in [6.07, 6.45) is 0. The summed E-state index contributed by atoms with van der Waals surface area (Å²) in [5.41, 5.74) is 0.602. The van der Waals surface area contributed by atoms with Gasteiger partial charge in [-0.2, -0.15) is 0 Å². The number of fused-ring (bicyclic) bond motifs is 1. The molecule has 0 atom stereocenters. The quantitative estimate of drug-likeness (QED) is 0.720. The van der Waals surface area contributed by atoms with Crippen LogP contribution in [-0.4, -0.2) is 46.6 Å². The van der Waals surface area contributed by atoms with Crippen LogP contribution in [0.15, 0.2) is 30.3 Å². The molecule has 0 saturated heterocycles. The van der Waals surface area contributed by atoms with E-state index in [0.29, 0.717) is 28.7 Å². The van der Waals surface area contributed by atoms with Crippen LogP contribution in [0.3, 0.4) is 0 Å². The van der Waals surface area contributed by atoms with Gasteiger partial charge in [0, 0.05) is 23.9 Å².